The van der Waals surface area contributed by atoms with Gasteiger partial charge in [0.05, 0.1) is 22.2 Å². The quantitative estimate of drug-likeness (QED) is 0.513. The molecular formula is C19H19Cl2N3O3. The molecule has 0 radical (unpaired) electrons. The Kier molecular flexibility index (Phi) is 5.99. The summed E-state index contributed by atoms with van der Waals surface area (Å²) in [5.41, 5.74) is 1.21. The van der Waals surface area contributed by atoms with Gasteiger partial charge in [0.2, 0.25) is 5.91 Å². The zero-order chi connectivity index (χ0) is 19.6. The Bertz CT molecular complexity index is 871. The fraction of sp³-hybridized carbons (Fsp3) is 0.316. The van der Waals surface area contributed by atoms with Crippen molar-refractivity contribution in [3.8, 4) is 0 Å². The number of anilines is 1. The maximum absolute atomic E-state index is 12.6. The number of nitro benzene ring substituents is 1. The molecule has 27 heavy (non-hydrogen) atoms. The molecule has 8 heteroatoms. The highest BCUT2D eigenvalue weighted by molar-refractivity contribution is 6.34. The molecule has 2 aromatic carbocycles. The molecule has 142 valence electrons. The molecule has 6 nitrogen and oxygen atoms in total. The average Bonchev–Trinajstić information content (AvgIpc) is 3.46. The molecule has 0 bridgehead atoms. The van der Waals surface area contributed by atoms with Gasteiger partial charge in [-0.2, -0.15) is 0 Å². The van der Waals surface area contributed by atoms with E-state index in [2.05, 4.69) is 10.2 Å². The van der Waals surface area contributed by atoms with E-state index in [9.17, 15) is 14.9 Å². The van der Waals surface area contributed by atoms with Gasteiger partial charge >= 0.3 is 0 Å². The van der Waals surface area contributed by atoms with Gasteiger partial charge in [-0.05, 0) is 37.5 Å². The van der Waals surface area contributed by atoms with Crippen LogP contribution < -0.4 is 5.32 Å². The molecule has 1 aliphatic rings. The molecule has 1 atom stereocenters. The Morgan fingerprint density at radius 1 is 1.26 bits per heavy atom. The minimum absolute atomic E-state index is 0.00992. The van der Waals surface area contributed by atoms with Gasteiger partial charge in [-0.15, -0.1) is 0 Å². The Labute approximate surface area is 167 Å². The Morgan fingerprint density at radius 3 is 2.56 bits per heavy atom. The van der Waals surface area contributed by atoms with Crippen LogP contribution in [0.3, 0.4) is 0 Å². The van der Waals surface area contributed by atoms with E-state index in [1.165, 1.54) is 18.2 Å². The van der Waals surface area contributed by atoms with Gasteiger partial charge in [0, 0.05) is 29.2 Å². The van der Waals surface area contributed by atoms with E-state index in [4.69, 9.17) is 23.2 Å². The summed E-state index contributed by atoms with van der Waals surface area (Å²) in [6.07, 6.45) is 2.08. The third-order valence-electron chi connectivity index (χ3n) is 4.63. The molecule has 2 aromatic rings. The lowest BCUT2D eigenvalue weighted by Crippen LogP contribution is -2.37. The summed E-state index contributed by atoms with van der Waals surface area (Å²) >= 11 is 12.4. The van der Waals surface area contributed by atoms with Crippen LogP contribution in [0.15, 0.2) is 42.5 Å². The highest BCUT2D eigenvalue weighted by atomic mass is 35.5. The Morgan fingerprint density at radius 2 is 1.96 bits per heavy atom. The first-order chi connectivity index (χ1) is 12.9. The molecule has 3 rings (SSSR count). The van der Waals surface area contributed by atoms with E-state index >= 15 is 0 Å². The topological polar surface area (TPSA) is 75.5 Å². The van der Waals surface area contributed by atoms with Gasteiger partial charge in [-0.25, -0.2) is 0 Å². The number of amides is 1. The number of rotatable bonds is 7. The summed E-state index contributed by atoms with van der Waals surface area (Å²) in [6.45, 7) is 2.22. The molecule has 1 N–H and O–H groups in total. The summed E-state index contributed by atoms with van der Waals surface area (Å²) in [7, 11) is 0. The second-order valence-corrected chi connectivity index (χ2v) is 7.38. The van der Waals surface area contributed by atoms with Crippen molar-refractivity contribution in [3.63, 3.8) is 0 Å². The van der Waals surface area contributed by atoms with Crippen molar-refractivity contribution in [2.75, 3.05) is 11.9 Å². The normalized spacial score (nSPS) is 14.8. The first-order valence-electron chi connectivity index (χ1n) is 8.60. The first-order valence-corrected chi connectivity index (χ1v) is 9.36. The van der Waals surface area contributed by atoms with Gasteiger partial charge in [0.25, 0.3) is 5.69 Å². The third-order valence-corrected chi connectivity index (χ3v) is 5.29. The number of benzene rings is 2. The average molecular weight is 408 g/mol. The predicted molar refractivity (Wildman–Crippen MR) is 106 cm³/mol. The largest absolute Gasteiger partial charge is 0.324 e. The van der Waals surface area contributed by atoms with Crippen LogP contribution in [-0.4, -0.2) is 28.3 Å². The number of hydrogen-bond donors (Lipinski definition) is 1. The monoisotopic (exact) mass is 407 g/mol. The van der Waals surface area contributed by atoms with E-state index in [1.54, 1.807) is 0 Å². The fourth-order valence-corrected chi connectivity index (χ4v) is 3.57. The van der Waals surface area contributed by atoms with Crippen LogP contribution in [0.4, 0.5) is 11.4 Å². The zero-order valence-electron chi connectivity index (χ0n) is 14.7. The number of halogens is 2. The number of carbonyl (C=O) groups excluding carboxylic acids is 1. The molecule has 0 aromatic heterocycles. The molecule has 1 aliphatic carbocycles. The van der Waals surface area contributed by atoms with E-state index in [-0.39, 0.29) is 29.2 Å². The van der Waals surface area contributed by atoms with Crippen LogP contribution in [0.2, 0.25) is 10.0 Å². The van der Waals surface area contributed by atoms with Crippen molar-refractivity contribution in [3.05, 3.63) is 68.2 Å². The highest BCUT2D eigenvalue weighted by Crippen LogP contribution is 2.36. The van der Waals surface area contributed by atoms with E-state index in [0.717, 1.165) is 18.4 Å². The smallest absolute Gasteiger partial charge is 0.271 e. The molecule has 1 unspecified atom stereocenters. The molecule has 1 saturated carbocycles. The molecular weight excluding hydrogens is 389 g/mol. The second-order valence-electron chi connectivity index (χ2n) is 6.57. The van der Waals surface area contributed by atoms with Gasteiger partial charge in [-0.1, -0.05) is 41.4 Å². The van der Waals surface area contributed by atoms with Gasteiger partial charge in [0.1, 0.15) is 0 Å². The van der Waals surface area contributed by atoms with Crippen molar-refractivity contribution in [1.82, 2.24) is 4.90 Å². The zero-order valence-corrected chi connectivity index (χ0v) is 16.2. The molecule has 1 amide bonds. The number of nitro groups is 1. The first kappa shape index (κ1) is 19.6. The van der Waals surface area contributed by atoms with E-state index in [1.807, 2.05) is 31.2 Å². The Hall–Kier alpha value is -2.15. The lowest BCUT2D eigenvalue weighted by Gasteiger charge is -2.29. The van der Waals surface area contributed by atoms with Crippen LogP contribution in [0.5, 0.6) is 0 Å². The summed E-state index contributed by atoms with van der Waals surface area (Å²) < 4.78 is 0. The van der Waals surface area contributed by atoms with E-state index in [0.29, 0.717) is 16.8 Å². The highest BCUT2D eigenvalue weighted by Gasteiger charge is 2.34. The maximum Gasteiger partial charge on any atom is 0.271 e. The lowest BCUT2D eigenvalue weighted by molar-refractivity contribution is -0.384. The second kappa shape index (κ2) is 8.25. The number of carbonyl (C=O) groups is 1. The summed E-state index contributed by atoms with van der Waals surface area (Å²) in [6, 6.07) is 11.9. The van der Waals surface area contributed by atoms with Crippen molar-refractivity contribution in [1.29, 1.82) is 0 Å². The minimum Gasteiger partial charge on any atom is -0.324 e. The van der Waals surface area contributed by atoms with Gasteiger partial charge < -0.3 is 5.32 Å². The van der Waals surface area contributed by atoms with Crippen molar-refractivity contribution in [2.45, 2.75) is 31.8 Å². The molecule has 0 heterocycles. The SMILES string of the molecule is CC(c1ccccc1Cl)N(CC(=O)Nc1ccc([N+](=O)[O-])cc1Cl)C1CC1. The van der Waals surface area contributed by atoms with Gasteiger partial charge in [0.15, 0.2) is 0 Å². The summed E-state index contributed by atoms with van der Waals surface area (Å²) in [5, 5.41) is 14.3. The fourth-order valence-electron chi connectivity index (χ4n) is 3.06. The number of hydrogen-bond acceptors (Lipinski definition) is 4. The molecule has 0 aliphatic heterocycles. The number of non-ortho nitro benzene ring substituents is 1. The summed E-state index contributed by atoms with van der Waals surface area (Å²) in [5.74, 6) is -0.225. The van der Waals surface area contributed by atoms with Crippen molar-refractivity contribution >= 4 is 40.5 Å². The molecule has 0 saturated heterocycles. The minimum atomic E-state index is -0.530. The molecule has 0 spiro atoms. The third kappa shape index (κ3) is 4.77. The van der Waals surface area contributed by atoms with Crippen LogP contribution in [0, 0.1) is 10.1 Å². The van der Waals surface area contributed by atoms with E-state index < -0.39 is 4.92 Å². The van der Waals surface area contributed by atoms with Crippen LogP contribution >= 0.6 is 23.2 Å². The van der Waals surface area contributed by atoms with Crippen LogP contribution in [0.1, 0.15) is 31.4 Å². The number of nitrogens with zero attached hydrogens (tertiary/aromatic N) is 2. The lowest BCUT2D eigenvalue weighted by atomic mass is 10.1. The number of nitrogens with one attached hydrogen (secondary N) is 1. The van der Waals surface area contributed by atoms with Crippen LogP contribution in [-0.2, 0) is 4.79 Å². The predicted octanol–water partition coefficient (Wildman–Crippen LogP) is 5.07. The van der Waals surface area contributed by atoms with Crippen LogP contribution in [0.25, 0.3) is 0 Å². The summed E-state index contributed by atoms with van der Waals surface area (Å²) in [4.78, 5) is 25.0. The molecule has 1 fully saturated rings. The maximum atomic E-state index is 12.6. The standard InChI is InChI=1S/C19H19Cl2N3O3/c1-12(15-4-2-3-5-16(15)20)23(13-6-7-13)11-19(25)22-18-9-8-14(24(26)27)10-17(18)21/h2-5,8-10,12-13H,6-7,11H2,1H3,(H,22,25). The Balaban J connectivity index is 1.71. The van der Waals surface area contributed by atoms with Crippen molar-refractivity contribution < 1.29 is 9.72 Å². The van der Waals surface area contributed by atoms with Crippen molar-refractivity contribution in [2.24, 2.45) is 0 Å². The van der Waals surface area contributed by atoms with Gasteiger partial charge in [-0.3, -0.25) is 19.8 Å².